The number of likely N-dealkylation sites (tertiary alicyclic amines) is 1. The third-order valence-corrected chi connectivity index (χ3v) is 9.67. The van der Waals surface area contributed by atoms with Crippen LogP contribution in [0.5, 0.6) is 5.75 Å². The minimum absolute atomic E-state index is 0.00237. The molecular weight excluding hydrogens is 736 g/mol. The van der Waals surface area contributed by atoms with Crippen molar-refractivity contribution in [2.75, 3.05) is 26.7 Å². The maximum Gasteiger partial charge on any atom is 0.326 e. The lowest BCUT2D eigenvalue weighted by molar-refractivity contribution is -0.143. The van der Waals surface area contributed by atoms with Gasteiger partial charge in [0.15, 0.2) is 5.96 Å². The monoisotopic (exact) mass is 803 g/mol. The SMILES string of the molecule is CNCCCC[C@H](N)C(=O)N[C@@H](CCCN=C(N)N)C(=O)N1CCC[C@H]1C(=O)N[C@@H](Cc1ccc(O)cc1)C(=O)N[C@H](C(=O)N[C@@H](CC(C)C)C(=O)O)C(C)(C)C. The van der Waals surface area contributed by atoms with Gasteiger partial charge in [-0.3, -0.25) is 29.0 Å². The highest BCUT2D eigenvalue weighted by Crippen LogP contribution is 2.23. The van der Waals surface area contributed by atoms with Crippen LogP contribution >= 0.6 is 0 Å². The zero-order chi connectivity index (χ0) is 42.9. The molecule has 0 saturated carbocycles. The predicted octanol–water partition coefficient (Wildman–Crippen LogP) is -0.188. The van der Waals surface area contributed by atoms with Crippen LogP contribution in [0.1, 0.15) is 91.5 Å². The average molecular weight is 803 g/mol. The third-order valence-electron chi connectivity index (χ3n) is 9.67. The number of nitrogens with two attached hydrogens (primary N) is 3. The molecule has 2 rings (SSSR count). The maximum atomic E-state index is 14.1. The summed E-state index contributed by atoms with van der Waals surface area (Å²) in [4.78, 5) is 86.4. The van der Waals surface area contributed by atoms with Crippen LogP contribution in [-0.2, 0) is 35.2 Å². The Morgan fingerprint density at radius 2 is 1.53 bits per heavy atom. The Hall–Kier alpha value is -4.97. The first-order valence-corrected chi connectivity index (χ1v) is 19.7. The van der Waals surface area contributed by atoms with Gasteiger partial charge in [0.05, 0.1) is 6.04 Å². The van der Waals surface area contributed by atoms with Crippen molar-refractivity contribution in [3.8, 4) is 5.75 Å². The lowest BCUT2D eigenvalue weighted by Gasteiger charge is -2.33. The molecule has 1 aliphatic heterocycles. The zero-order valence-corrected chi connectivity index (χ0v) is 34.3. The average Bonchev–Trinajstić information content (AvgIpc) is 3.63. The number of carbonyl (C=O) groups excluding carboxylic acids is 5. The largest absolute Gasteiger partial charge is 0.508 e. The smallest absolute Gasteiger partial charge is 0.326 e. The van der Waals surface area contributed by atoms with Crippen LogP contribution in [0.3, 0.4) is 0 Å². The Morgan fingerprint density at radius 3 is 2.11 bits per heavy atom. The minimum Gasteiger partial charge on any atom is -0.508 e. The second-order valence-electron chi connectivity index (χ2n) is 16.2. The van der Waals surface area contributed by atoms with E-state index in [0.29, 0.717) is 31.2 Å². The quantitative estimate of drug-likeness (QED) is 0.0392. The second kappa shape index (κ2) is 23.3. The van der Waals surface area contributed by atoms with E-state index in [1.807, 2.05) is 20.9 Å². The van der Waals surface area contributed by atoms with Gasteiger partial charge < -0.3 is 58.9 Å². The predicted molar refractivity (Wildman–Crippen MR) is 216 cm³/mol. The number of rotatable bonds is 23. The van der Waals surface area contributed by atoms with E-state index in [2.05, 4.69) is 31.6 Å². The minimum atomic E-state index is -1.25. The molecule has 320 valence electrons. The Balaban J connectivity index is 2.36. The molecule has 1 aliphatic rings. The van der Waals surface area contributed by atoms with Gasteiger partial charge in [-0.2, -0.15) is 0 Å². The molecule has 57 heavy (non-hydrogen) atoms. The Morgan fingerprint density at radius 1 is 0.877 bits per heavy atom. The molecule has 0 bridgehead atoms. The van der Waals surface area contributed by atoms with E-state index in [4.69, 9.17) is 17.2 Å². The van der Waals surface area contributed by atoms with Crippen LogP contribution in [0.4, 0.5) is 0 Å². The molecule has 0 unspecified atom stereocenters. The number of phenols is 1. The van der Waals surface area contributed by atoms with Gasteiger partial charge in [-0.25, -0.2) is 4.79 Å². The molecule has 18 nitrogen and oxygen atoms in total. The Labute approximate surface area is 335 Å². The molecule has 6 atom stereocenters. The van der Waals surface area contributed by atoms with E-state index in [0.717, 1.165) is 13.0 Å². The van der Waals surface area contributed by atoms with Crippen molar-refractivity contribution >= 4 is 41.5 Å². The van der Waals surface area contributed by atoms with Crippen LogP contribution in [0, 0.1) is 11.3 Å². The molecule has 5 amide bonds. The molecule has 0 radical (unpaired) electrons. The van der Waals surface area contributed by atoms with Gasteiger partial charge in [0.2, 0.25) is 29.5 Å². The van der Waals surface area contributed by atoms with Crippen molar-refractivity contribution in [3.63, 3.8) is 0 Å². The number of hydrogen-bond acceptors (Lipinski definition) is 10. The third kappa shape index (κ3) is 16.6. The number of nitrogens with zero attached hydrogens (tertiary/aromatic N) is 2. The van der Waals surface area contributed by atoms with Crippen LogP contribution in [0.15, 0.2) is 29.3 Å². The number of aliphatic carboxylic acids is 1. The number of hydrogen-bond donors (Lipinski definition) is 10. The molecule has 13 N–H and O–H groups in total. The van der Waals surface area contributed by atoms with Crippen molar-refractivity contribution in [2.24, 2.45) is 33.5 Å². The number of guanidine groups is 1. The van der Waals surface area contributed by atoms with Crippen LogP contribution in [0.25, 0.3) is 0 Å². The number of aromatic hydroxyl groups is 1. The van der Waals surface area contributed by atoms with Gasteiger partial charge in [-0.15, -0.1) is 0 Å². The summed E-state index contributed by atoms with van der Waals surface area (Å²) in [6.45, 7) is 10.0. The van der Waals surface area contributed by atoms with E-state index in [9.17, 15) is 39.0 Å². The molecular formula is C39H66N10O8. The first kappa shape index (κ1) is 48.2. The van der Waals surface area contributed by atoms with Crippen molar-refractivity contribution in [3.05, 3.63) is 29.8 Å². The lowest BCUT2D eigenvalue weighted by Crippen LogP contribution is -2.61. The lowest BCUT2D eigenvalue weighted by atomic mass is 9.85. The Kier molecular flexibility index (Phi) is 19.7. The molecule has 0 aliphatic carbocycles. The molecule has 1 aromatic carbocycles. The second-order valence-corrected chi connectivity index (χ2v) is 16.2. The molecule has 1 saturated heterocycles. The number of carbonyl (C=O) groups is 6. The molecule has 1 heterocycles. The summed E-state index contributed by atoms with van der Waals surface area (Å²) in [6, 6.07) is -0.452. The van der Waals surface area contributed by atoms with Gasteiger partial charge >= 0.3 is 5.97 Å². The standard InChI is InChI=1S/C39H66N10O8/c1-23(2)21-29(37(56)57)47-35(54)31(39(3,4)5)48-33(52)28(22-24-14-16-25(50)17-15-24)46-34(53)30-13-10-20-49(30)36(55)27(12-9-19-44-38(41)42)45-32(51)26(40)11-7-8-18-43-6/h14-17,23,26-31,43,50H,7-13,18-22,40H2,1-6H3,(H,45,51)(H,46,53)(H,47,54)(H,48,52)(H,56,57)(H4,41,42,44)/t26-,27-,28-,29-,30-,31+/m0/s1. The maximum absolute atomic E-state index is 14.1. The number of nitrogens with one attached hydrogen (secondary N) is 5. The summed E-state index contributed by atoms with van der Waals surface area (Å²) in [7, 11) is 1.83. The van der Waals surface area contributed by atoms with Crippen LogP contribution in [-0.4, -0.2) is 120 Å². The van der Waals surface area contributed by atoms with E-state index >= 15 is 0 Å². The summed E-state index contributed by atoms with van der Waals surface area (Å²) in [5.74, 6) is -4.38. The summed E-state index contributed by atoms with van der Waals surface area (Å²) in [5, 5.41) is 33.5. The van der Waals surface area contributed by atoms with E-state index in [1.54, 1.807) is 32.9 Å². The summed E-state index contributed by atoms with van der Waals surface area (Å²) in [5.41, 5.74) is 16.8. The van der Waals surface area contributed by atoms with Gasteiger partial charge in [0.1, 0.15) is 36.0 Å². The summed E-state index contributed by atoms with van der Waals surface area (Å²) in [6.07, 6.45) is 3.34. The number of phenolic OH excluding ortho intramolecular Hbond substituents is 1. The summed E-state index contributed by atoms with van der Waals surface area (Å²) >= 11 is 0. The highest BCUT2D eigenvalue weighted by atomic mass is 16.4. The first-order valence-electron chi connectivity index (χ1n) is 19.7. The number of aliphatic imine (C=N–C) groups is 1. The van der Waals surface area contributed by atoms with Crippen molar-refractivity contribution in [1.29, 1.82) is 0 Å². The zero-order valence-electron chi connectivity index (χ0n) is 34.3. The topological polar surface area (TPSA) is 297 Å². The van der Waals surface area contributed by atoms with Gasteiger partial charge in [0, 0.05) is 19.5 Å². The van der Waals surface area contributed by atoms with Gasteiger partial charge in [-0.1, -0.05) is 53.2 Å². The van der Waals surface area contributed by atoms with E-state index < -0.39 is 77.2 Å². The van der Waals surface area contributed by atoms with E-state index in [-0.39, 0.29) is 56.4 Å². The summed E-state index contributed by atoms with van der Waals surface area (Å²) < 4.78 is 0. The fraction of sp³-hybridized carbons (Fsp3) is 0.667. The fourth-order valence-corrected chi connectivity index (χ4v) is 6.55. The highest BCUT2D eigenvalue weighted by Gasteiger charge is 2.41. The number of carboxylic acid groups (broad SMARTS) is 1. The fourth-order valence-electron chi connectivity index (χ4n) is 6.55. The molecule has 1 aromatic rings. The molecule has 0 aromatic heterocycles. The van der Waals surface area contributed by atoms with Crippen LogP contribution < -0.4 is 43.8 Å². The molecule has 0 spiro atoms. The Bertz CT molecular complexity index is 1530. The van der Waals surface area contributed by atoms with Crippen molar-refractivity contribution in [1.82, 2.24) is 31.5 Å². The molecule has 18 heteroatoms. The van der Waals surface area contributed by atoms with Gasteiger partial charge in [-0.05, 0) is 87.6 Å². The number of carboxylic acids is 1. The van der Waals surface area contributed by atoms with Crippen LogP contribution in [0.2, 0.25) is 0 Å². The normalized spacial score (nSPS) is 16.8. The number of unbranched alkanes of at least 4 members (excludes halogenated alkanes) is 1. The van der Waals surface area contributed by atoms with Crippen molar-refractivity contribution < 1.29 is 39.0 Å². The van der Waals surface area contributed by atoms with Gasteiger partial charge in [0.25, 0.3) is 0 Å². The first-order chi connectivity index (χ1) is 26.7. The van der Waals surface area contributed by atoms with E-state index in [1.165, 1.54) is 17.0 Å². The van der Waals surface area contributed by atoms with Crippen molar-refractivity contribution in [2.45, 2.75) is 129 Å². The number of benzene rings is 1. The number of amides is 5. The molecule has 1 fully saturated rings. The highest BCUT2D eigenvalue weighted by molar-refractivity contribution is 5.97.